The molecule has 1 aromatic heterocycles. The SMILES string of the molecule is CCCC1CN(c2ccc3ncccc3c2)C(C)CN1. The third-order valence-corrected chi connectivity index (χ3v) is 4.21. The summed E-state index contributed by atoms with van der Waals surface area (Å²) in [6, 6.07) is 11.9. The molecule has 0 radical (unpaired) electrons. The lowest BCUT2D eigenvalue weighted by Gasteiger charge is -2.40. The van der Waals surface area contributed by atoms with Crippen molar-refractivity contribution in [1.82, 2.24) is 10.3 Å². The quantitative estimate of drug-likeness (QED) is 0.927. The van der Waals surface area contributed by atoms with Crippen LogP contribution in [0.25, 0.3) is 10.9 Å². The number of nitrogens with one attached hydrogen (secondary N) is 1. The van der Waals surface area contributed by atoms with E-state index in [0.29, 0.717) is 12.1 Å². The van der Waals surface area contributed by atoms with Crippen molar-refractivity contribution in [2.75, 3.05) is 18.0 Å². The monoisotopic (exact) mass is 269 g/mol. The molecule has 0 amide bonds. The van der Waals surface area contributed by atoms with Gasteiger partial charge in [-0.1, -0.05) is 19.4 Å². The molecular weight excluding hydrogens is 246 g/mol. The number of hydrogen-bond acceptors (Lipinski definition) is 3. The minimum Gasteiger partial charge on any atom is -0.366 e. The zero-order valence-corrected chi connectivity index (χ0v) is 12.3. The van der Waals surface area contributed by atoms with Gasteiger partial charge in [0.1, 0.15) is 0 Å². The van der Waals surface area contributed by atoms with Gasteiger partial charge in [-0.2, -0.15) is 0 Å². The van der Waals surface area contributed by atoms with Crippen LogP contribution in [0.5, 0.6) is 0 Å². The molecule has 2 unspecified atom stereocenters. The summed E-state index contributed by atoms with van der Waals surface area (Å²) >= 11 is 0. The van der Waals surface area contributed by atoms with Gasteiger partial charge in [0, 0.05) is 42.4 Å². The lowest BCUT2D eigenvalue weighted by Crippen LogP contribution is -2.55. The van der Waals surface area contributed by atoms with Crippen LogP contribution < -0.4 is 10.2 Å². The molecule has 2 heterocycles. The maximum Gasteiger partial charge on any atom is 0.0703 e. The minimum absolute atomic E-state index is 0.539. The van der Waals surface area contributed by atoms with Crippen LogP contribution in [-0.2, 0) is 0 Å². The average Bonchev–Trinajstić information content (AvgIpc) is 2.49. The molecule has 1 fully saturated rings. The highest BCUT2D eigenvalue weighted by atomic mass is 15.2. The van der Waals surface area contributed by atoms with Crippen LogP contribution in [0.1, 0.15) is 26.7 Å². The Morgan fingerprint density at radius 2 is 2.25 bits per heavy atom. The number of fused-ring (bicyclic) bond motifs is 1. The lowest BCUT2D eigenvalue weighted by atomic mass is 10.0. The van der Waals surface area contributed by atoms with Crippen molar-refractivity contribution < 1.29 is 0 Å². The zero-order valence-electron chi connectivity index (χ0n) is 12.3. The summed E-state index contributed by atoms with van der Waals surface area (Å²) < 4.78 is 0. The van der Waals surface area contributed by atoms with Crippen molar-refractivity contribution in [2.45, 2.75) is 38.8 Å². The first-order valence-electron chi connectivity index (χ1n) is 7.62. The van der Waals surface area contributed by atoms with Crippen molar-refractivity contribution in [3.8, 4) is 0 Å². The number of piperazine rings is 1. The molecule has 2 aromatic rings. The molecule has 0 aliphatic carbocycles. The highest BCUT2D eigenvalue weighted by Crippen LogP contribution is 2.24. The van der Waals surface area contributed by atoms with E-state index in [1.165, 1.54) is 23.9 Å². The second-order valence-electron chi connectivity index (χ2n) is 5.78. The summed E-state index contributed by atoms with van der Waals surface area (Å²) in [6.07, 6.45) is 4.34. The Bertz CT molecular complexity index is 581. The second kappa shape index (κ2) is 5.80. The molecule has 3 rings (SSSR count). The maximum atomic E-state index is 4.40. The molecule has 20 heavy (non-hydrogen) atoms. The highest BCUT2D eigenvalue weighted by Gasteiger charge is 2.24. The molecule has 1 aliphatic rings. The Hall–Kier alpha value is -1.61. The fraction of sp³-hybridized carbons (Fsp3) is 0.471. The van der Waals surface area contributed by atoms with E-state index in [9.17, 15) is 0 Å². The largest absolute Gasteiger partial charge is 0.366 e. The van der Waals surface area contributed by atoms with Crippen LogP contribution in [0.2, 0.25) is 0 Å². The fourth-order valence-corrected chi connectivity index (χ4v) is 3.07. The lowest BCUT2D eigenvalue weighted by molar-refractivity contribution is 0.386. The van der Waals surface area contributed by atoms with E-state index >= 15 is 0 Å². The van der Waals surface area contributed by atoms with Crippen molar-refractivity contribution in [1.29, 1.82) is 0 Å². The standard InChI is InChI=1S/C17H23N3/c1-3-5-15-12-20(13(2)11-19-15)16-7-8-17-14(10-16)6-4-9-18-17/h4,6-10,13,15,19H,3,5,11-12H2,1-2H3. The number of anilines is 1. The minimum atomic E-state index is 0.539. The topological polar surface area (TPSA) is 28.2 Å². The summed E-state index contributed by atoms with van der Waals surface area (Å²) in [5, 5.41) is 4.88. The van der Waals surface area contributed by atoms with Gasteiger partial charge in [-0.15, -0.1) is 0 Å². The summed E-state index contributed by atoms with van der Waals surface area (Å²) in [4.78, 5) is 6.93. The van der Waals surface area contributed by atoms with E-state index in [-0.39, 0.29) is 0 Å². The number of nitrogens with zero attached hydrogens (tertiary/aromatic N) is 2. The summed E-state index contributed by atoms with van der Waals surface area (Å²) in [5.74, 6) is 0. The Kier molecular flexibility index (Phi) is 3.88. The van der Waals surface area contributed by atoms with Gasteiger partial charge in [-0.25, -0.2) is 0 Å². The Labute approximate surface area is 121 Å². The van der Waals surface area contributed by atoms with Gasteiger partial charge in [-0.05, 0) is 37.6 Å². The van der Waals surface area contributed by atoms with E-state index < -0.39 is 0 Å². The average molecular weight is 269 g/mol. The van der Waals surface area contributed by atoms with Crippen LogP contribution in [0, 0.1) is 0 Å². The second-order valence-corrected chi connectivity index (χ2v) is 5.78. The molecule has 0 bridgehead atoms. The van der Waals surface area contributed by atoms with Gasteiger partial charge < -0.3 is 10.2 Å². The van der Waals surface area contributed by atoms with E-state index in [1.54, 1.807) is 0 Å². The summed E-state index contributed by atoms with van der Waals surface area (Å²) in [6.45, 7) is 6.71. The van der Waals surface area contributed by atoms with Crippen LogP contribution >= 0.6 is 0 Å². The molecule has 3 nitrogen and oxygen atoms in total. The van der Waals surface area contributed by atoms with Crippen LogP contribution in [0.15, 0.2) is 36.5 Å². The molecule has 2 atom stereocenters. The first-order chi connectivity index (χ1) is 9.78. The van der Waals surface area contributed by atoms with Gasteiger partial charge in [0.2, 0.25) is 0 Å². The Morgan fingerprint density at radius 3 is 3.10 bits per heavy atom. The summed E-state index contributed by atoms with van der Waals surface area (Å²) in [7, 11) is 0. The normalized spacial score (nSPS) is 23.2. The molecule has 106 valence electrons. The van der Waals surface area contributed by atoms with Crippen molar-refractivity contribution in [3.05, 3.63) is 36.5 Å². The molecule has 0 spiro atoms. The molecule has 1 saturated heterocycles. The first-order valence-corrected chi connectivity index (χ1v) is 7.62. The van der Waals surface area contributed by atoms with Crippen LogP contribution in [0.3, 0.4) is 0 Å². The number of hydrogen-bond donors (Lipinski definition) is 1. The summed E-state index contributed by atoms with van der Waals surface area (Å²) in [5.41, 5.74) is 2.39. The Morgan fingerprint density at radius 1 is 1.35 bits per heavy atom. The molecular formula is C17H23N3. The number of rotatable bonds is 3. The van der Waals surface area contributed by atoms with Crippen LogP contribution in [0.4, 0.5) is 5.69 Å². The highest BCUT2D eigenvalue weighted by molar-refractivity contribution is 5.82. The van der Waals surface area contributed by atoms with Gasteiger partial charge in [-0.3, -0.25) is 4.98 Å². The van der Waals surface area contributed by atoms with Gasteiger partial charge in [0.05, 0.1) is 5.52 Å². The maximum absolute atomic E-state index is 4.40. The molecule has 1 N–H and O–H groups in total. The van der Waals surface area contributed by atoms with Crippen LogP contribution in [-0.4, -0.2) is 30.2 Å². The van der Waals surface area contributed by atoms with E-state index in [4.69, 9.17) is 0 Å². The fourth-order valence-electron chi connectivity index (χ4n) is 3.07. The van der Waals surface area contributed by atoms with Gasteiger partial charge >= 0.3 is 0 Å². The van der Waals surface area contributed by atoms with E-state index in [2.05, 4.69) is 53.3 Å². The van der Waals surface area contributed by atoms with Gasteiger partial charge in [0.15, 0.2) is 0 Å². The Balaban J connectivity index is 1.88. The van der Waals surface area contributed by atoms with Crippen molar-refractivity contribution in [2.24, 2.45) is 0 Å². The first kappa shape index (κ1) is 13.4. The van der Waals surface area contributed by atoms with E-state index in [0.717, 1.165) is 18.6 Å². The van der Waals surface area contributed by atoms with E-state index in [1.807, 2.05) is 12.3 Å². The predicted molar refractivity (Wildman–Crippen MR) is 85.2 cm³/mol. The molecule has 0 saturated carbocycles. The third-order valence-electron chi connectivity index (χ3n) is 4.21. The van der Waals surface area contributed by atoms with Gasteiger partial charge in [0.25, 0.3) is 0 Å². The predicted octanol–water partition coefficient (Wildman–Crippen LogP) is 3.20. The smallest absolute Gasteiger partial charge is 0.0703 e. The number of pyridine rings is 1. The van der Waals surface area contributed by atoms with Crippen molar-refractivity contribution in [3.63, 3.8) is 0 Å². The molecule has 3 heteroatoms. The van der Waals surface area contributed by atoms with Crippen molar-refractivity contribution >= 4 is 16.6 Å². The number of benzene rings is 1. The molecule has 1 aliphatic heterocycles. The molecule has 1 aromatic carbocycles. The zero-order chi connectivity index (χ0) is 13.9. The number of aromatic nitrogens is 1. The third kappa shape index (κ3) is 2.63.